The van der Waals surface area contributed by atoms with Gasteiger partial charge in [0.2, 0.25) is 11.6 Å². The molecule has 11 nitrogen and oxygen atoms in total. The lowest BCUT2D eigenvalue weighted by Crippen LogP contribution is -2.71. The van der Waals surface area contributed by atoms with Gasteiger partial charge in [0.25, 0.3) is 0 Å². The van der Waals surface area contributed by atoms with Crippen LogP contribution in [0.25, 0.3) is 0 Å². The van der Waals surface area contributed by atoms with Crippen molar-refractivity contribution in [3.05, 3.63) is 35.6 Å². The Hall–Kier alpha value is -1.73. The maximum absolute atomic E-state index is 13.3. The van der Waals surface area contributed by atoms with Gasteiger partial charge in [0, 0.05) is 37.5 Å². The Kier molecular flexibility index (Phi) is 10.9. The molecule has 4 bridgehead atoms. The Balaban J connectivity index is 0.942. The predicted octanol–water partition coefficient (Wildman–Crippen LogP) is 7.37. The van der Waals surface area contributed by atoms with E-state index in [0.717, 1.165) is 56.9 Å². The van der Waals surface area contributed by atoms with Crippen LogP contribution in [-0.4, -0.2) is 78.1 Å². The molecule has 2 spiro atoms. The first-order chi connectivity index (χ1) is 27.3. The highest BCUT2D eigenvalue weighted by Crippen LogP contribution is 2.63. The molecule has 0 radical (unpaired) electrons. The molecule has 1 N–H and O–H groups in total. The van der Waals surface area contributed by atoms with Gasteiger partial charge in [0.05, 0.1) is 31.0 Å². The SMILES string of the molecule is C[C@H]1[C@@H](CC(O)(COCC#CCOCc2ccc(F)cc2)C[C@H]2O[C@@H]3O[C@@]4(C)CC[C@H]5[C@H](C)CC[C@@H]([C@H]2C)[C@@]35OO4)O[C@@H]2O[C@@]3(C)CC[C@H]4[C@H](C)CC[C@@H]1[C@@]24OO3. The fourth-order valence-electron chi connectivity index (χ4n) is 12.6. The molecule has 1 aromatic carbocycles. The molecule has 2 aliphatic carbocycles. The third-order valence-electron chi connectivity index (χ3n) is 15.8. The largest absolute Gasteiger partial charge is 0.387 e. The molecule has 8 heterocycles. The van der Waals surface area contributed by atoms with Gasteiger partial charge in [-0.1, -0.05) is 51.7 Å². The first-order valence-corrected chi connectivity index (χ1v) is 21.7. The summed E-state index contributed by atoms with van der Waals surface area (Å²) in [4.78, 5) is 25.0. The van der Waals surface area contributed by atoms with Gasteiger partial charge in [-0.15, -0.1) is 0 Å². The third-order valence-corrected chi connectivity index (χ3v) is 15.8. The molecule has 12 heteroatoms. The van der Waals surface area contributed by atoms with Gasteiger partial charge < -0.3 is 33.5 Å². The standard InChI is InChI=1S/C45H63FO11/c1-27-9-15-35-29(3)37(50-39-44(35)33(27)17-19-41(5,52-39)54-56-44)23-43(47,26-49-22-8-7-21-48-25-31-11-13-32(46)14-12-31)24-38-30(4)36-16-10-28(2)34-18-20-42(6)53-40(51-38)45(34,36)57-55-42/h11-14,27-30,33-40,47H,9-10,15-26H2,1-6H3/t27-,28-,29-,30-,33+,34+,35+,36+,37-,38-,39-,40-,41-,42-,44-,45-/m1/s1. The fraction of sp³-hybridized carbons (Fsp3) is 0.822. The molecular weight excluding hydrogens is 735 g/mol. The van der Waals surface area contributed by atoms with Gasteiger partial charge in [-0.05, 0) is 106 Å². The Morgan fingerprint density at radius 2 is 1.18 bits per heavy atom. The lowest BCUT2D eigenvalue weighted by Gasteiger charge is -2.61. The molecule has 1 aromatic rings. The van der Waals surface area contributed by atoms with Gasteiger partial charge >= 0.3 is 0 Å². The molecule has 0 aromatic heterocycles. The highest BCUT2D eigenvalue weighted by atomic mass is 19.1. The second-order valence-electron chi connectivity index (χ2n) is 19.5. The second-order valence-corrected chi connectivity index (χ2v) is 19.5. The van der Waals surface area contributed by atoms with Crippen LogP contribution in [0.3, 0.4) is 0 Å². The monoisotopic (exact) mass is 798 g/mol. The van der Waals surface area contributed by atoms with Gasteiger partial charge in [0.15, 0.2) is 23.8 Å². The van der Waals surface area contributed by atoms with Gasteiger partial charge in [-0.3, -0.25) is 0 Å². The summed E-state index contributed by atoms with van der Waals surface area (Å²) in [5, 5.41) is 13.0. The lowest BCUT2D eigenvalue weighted by molar-refractivity contribution is -0.572. The Morgan fingerprint density at radius 1 is 0.684 bits per heavy atom. The van der Waals surface area contributed by atoms with Crippen molar-refractivity contribution in [1.82, 2.24) is 0 Å². The highest BCUT2D eigenvalue weighted by molar-refractivity contribution is 5.16. The summed E-state index contributed by atoms with van der Waals surface area (Å²) in [5.41, 5.74) is -1.85. The summed E-state index contributed by atoms with van der Waals surface area (Å²) in [6, 6.07) is 6.22. The van der Waals surface area contributed by atoms with Crippen molar-refractivity contribution in [3.63, 3.8) is 0 Å². The fourth-order valence-corrected chi connectivity index (χ4v) is 12.6. The minimum Gasteiger partial charge on any atom is -0.387 e. The number of halogens is 1. The van der Waals surface area contributed by atoms with E-state index < -0.39 is 41.0 Å². The Bertz CT molecular complexity index is 1590. The molecule has 10 aliphatic rings. The van der Waals surface area contributed by atoms with Crippen LogP contribution in [0.1, 0.15) is 111 Å². The summed E-state index contributed by atoms with van der Waals surface area (Å²) in [6.45, 7) is 13.7. The van der Waals surface area contributed by atoms with Crippen LogP contribution in [0, 0.1) is 65.0 Å². The smallest absolute Gasteiger partial charge is 0.201 e. The number of rotatable bonds is 10. The number of fused-ring (bicyclic) bond motifs is 4. The van der Waals surface area contributed by atoms with E-state index in [1.807, 2.05) is 13.8 Å². The van der Waals surface area contributed by atoms with Crippen molar-refractivity contribution >= 4 is 0 Å². The summed E-state index contributed by atoms with van der Waals surface area (Å²) in [5.74, 6) is 5.78. The molecular formula is C45H63FO11. The van der Waals surface area contributed by atoms with Crippen molar-refractivity contribution in [3.8, 4) is 11.8 Å². The Labute approximate surface area is 337 Å². The zero-order valence-corrected chi connectivity index (χ0v) is 34.5. The average molecular weight is 799 g/mol. The molecule has 316 valence electrons. The maximum Gasteiger partial charge on any atom is 0.201 e. The normalized spacial score (nSPS) is 48.1. The van der Waals surface area contributed by atoms with E-state index in [4.69, 9.17) is 48.0 Å². The number of aliphatic hydroxyl groups is 1. The van der Waals surface area contributed by atoms with E-state index in [1.54, 1.807) is 12.1 Å². The van der Waals surface area contributed by atoms with Crippen LogP contribution in [0.4, 0.5) is 4.39 Å². The molecule has 8 aliphatic heterocycles. The molecule has 57 heavy (non-hydrogen) atoms. The lowest BCUT2D eigenvalue weighted by atomic mass is 9.56. The van der Waals surface area contributed by atoms with Crippen molar-refractivity contribution in [1.29, 1.82) is 0 Å². The molecule has 16 atom stereocenters. The quantitative estimate of drug-likeness (QED) is 0.146. The van der Waals surface area contributed by atoms with Gasteiger partial charge in [0.1, 0.15) is 19.0 Å². The number of hydrogen-bond donors (Lipinski definition) is 1. The molecule has 0 unspecified atom stereocenters. The summed E-state index contributed by atoms with van der Waals surface area (Å²) >= 11 is 0. The zero-order valence-electron chi connectivity index (χ0n) is 34.5. The maximum atomic E-state index is 13.3. The van der Waals surface area contributed by atoms with E-state index in [1.165, 1.54) is 12.1 Å². The van der Waals surface area contributed by atoms with Crippen LogP contribution >= 0.6 is 0 Å². The van der Waals surface area contributed by atoms with Crippen LogP contribution in [0.15, 0.2) is 24.3 Å². The summed E-state index contributed by atoms with van der Waals surface area (Å²) in [7, 11) is 0. The van der Waals surface area contributed by atoms with Gasteiger partial charge in [-0.2, -0.15) is 0 Å². The minimum absolute atomic E-state index is 0.0356. The van der Waals surface area contributed by atoms with E-state index in [-0.39, 0.29) is 73.4 Å². The van der Waals surface area contributed by atoms with Crippen molar-refractivity contribution in [2.45, 2.75) is 166 Å². The van der Waals surface area contributed by atoms with Crippen molar-refractivity contribution in [2.24, 2.45) is 47.3 Å². The summed E-state index contributed by atoms with van der Waals surface area (Å²) in [6.07, 6.45) is 6.27. The zero-order chi connectivity index (χ0) is 39.8. The van der Waals surface area contributed by atoms with Gasteiger partial charge in [-0.25, -0.2) is 23.9 Å². The minimum atomic E-state index is -1.34. The van der Waals surface area contributed by atoms with Crippen LogP contribution < -0.4 is 0 Å². The molecule has 8 saturated heterocycles. The van der Waals surface area contributed by atoms with E-state index >= 15 is 0 Å². The van der Waals surface area contributed by atoms with E-state index in [2.05, 4.69) is 39.5 Å². The van der Waals surface area contributed by atoms with Crippen LogP contribution in [-0.2, 0) is 54.6 Å². The number of hydrogen-bond acceptors (Lipinski definition) is 11. The predicted molar refractivity (Wildman–Crippen MR) is 202 cm³/mol. The van der Waals surface area contributed by atoms with Crippen LogP contribution in [0.5, 0.6) is 0 Å². The third kappa shape index (κ3) is 7.12. The van der Waals surface area contributed by atoms with Crippen LogP contribution in [0.2, 0.25) is 0 Å². The molecule has 2 saturated carbocycles. The van der Waals surface area contributed by atoms with Crippen molar-refractivity contribution in [2.75, 3.05) is 19.8 Å². The first kappa shape index (κ1) is 40.7. The van der Waals surface area contributed by atoms with E-state index in [0.29, 0.717) is 31.3 Å². The number of ether oxygens (including phenoxy) is 6. The summed E-state index contributed by atoms with van der Waals surface area (Å²) < 4.78 is 52.5. The first-order valence-electron chi connectivity index (χ1n) is 21.7. The number of benzene rings is 1. The Morgan fingerprint density at radius 3 is 1.68 bits per heavy atom. The molecule has 0 amide bonds. The molecule has 10 fully saturated rings. The van der Waals surface area contributed by atoms with E-state index in [9.17, 15) is 9.50 Å². The second kappa shape index (κ2) is 15.3. The van der Waals surface area contributed by atoms with Crippen molar-refractivity contribution < 1.29 is 57.5 Å². The average Bonchev–Trinajstić information content (AvgIpc) is 3.55. The highest BCUT2D eigenvalue weighted by Gasteiger charge is 2.71. The topological polar surface area (TPSA) is 113 Å². The molecule has 11 rings (SSSR count).